The zero-order valence-corrected chi connectivity index (χ0v) is 9.73. The summed E-state index contributed by atoms with van der Waals surface area (Å²) in [6, 6.07) is 4.16. The van der Waals surface area contributed by atoms with Gasteiger partial charge in [-0.2, -0.15) is 5.10 Å². The van der Waals surface area contributed by atoms with Crippen LogP contribution in [0.5, 0.6) is 0 Å². The summed E-state index contributed by atoms with van der Waals surface area (Å²) in [7, 11) is 0. The fourth-order valence-corrected chi connectivity index (χ4v) is 1.50. The molecule has 2 heterocycles. The number of hydrogen-bond acceptors (Lipinski definition) is 2. The molecule has 0 N–H and O–H groups in total. The Kier molecular flexibility index (Phi) is 2.47. The van der Waals surface area contributed by atoms with Crippen LogP contribution in [0.3, 0.4) is 0 Å². The van der Waals surface area contributed by atoms with Gasteiger partial charge in [-0.3, -0.25) is 0 Å². The Hall–Kier alpha value is -1.38. The molecule has 0 spiro atoms. The minimum absolute atomic E-state index is 0.382. The molecule has 0 amide bonds. The quantitative estimate of drug-likeness (QED) is 0.751. The Morgan fingerprint density at radius 3 is 2.40 bits per heavy atom. The number of hydrogen-bond donors (Lipinski definition) is 0. The summed E-state index contributed by atoms with van der Waals surface area (Å²) in [4.78, 5) is 4.46. The zero-order valence-electron chi connectivity index (χ0n) is 9.73. The van der Waals surface area contributed by atoms with E-state index in [4.69, 9.17) is 0 Å². The lowest BCUT2D eigenvalue weighted by Crippen LogP contribution is -1.94. The molecule has 0 aliphatic rings. The van der Waals surface area contributed by atoms with Gasteiger partial charge in [0.05, 0.1) is 0 Å². The van der Waals surface area contributed by atoms with Gasteiger partial charge in [-0.05, 0) is 17.5 Å². The van der Waals surface area contributed by atoms with Crippen LogP contribution < -0.4 is 0 Å². The van der Waals surface area contributed by atoms with Crippen molar-refractivity contribution < 1.29 is 0 Å². The third kappa shape index (κ3) is 1.87. The van der Waals surface area contributed by atoms with Crippen molar-refractivity contribution in [3.63, 3.8) is 0 Å². The minimum Gasteiger partial charge on any atom is -0.221 e. The van der Waals surface area contributed by atoms with Crippen molar-refractivity contribution in [2.24, 2.45) is 0 Å². The summed E-state index contributed by atoms with van der Waals surface area (Å²) < 4.78 is 1.88. The Morgan fingerprint density at radius 1 is 1.07 bits per heavy atom. The Morgan fingerprint density at radius 2 is 1.80 bits per heavy atom. The van der Waals surface area contributed by atoms with Crippen molar-refractivity contribution in [2.75, 3.05) is 0 Å². The van der Waals surface area contributed by atoms with Gasteiger partial charge in [-0.1, -0.05) is 33.8 Å². The fourth-order valence-electron chi connectivity index (χ4n) is 1.50. The van der Waals surface area contributed by atoms with Crippen LogP contribution in [-0.4, -0.2) is 14.6 Å². The molecule has 0 fully saturated rings. The van der Waals surface area contributed by atoms with E-state index in [9.17, 15) is 0 Å². The first-order valence-corrected chi connectivity index (χ1v) is 5.44. The van der Waals surface area contributed by atoms with Crippen LogP contribution in [0, 0.1) is 0 Å². The van der Waals surface area contributed by atoms with Crippen molar-refractivity contribution in [3.05, 3.63) is 29.7 Å². The van der Waals surface area contributed by atoms with Gasteiger partial charge in [0.1, 0.15) is 0 Å². The average Bonchev–Trinajstić information content (AvgIpc) is 2.59. The lowest BCUT2D eigenvalue weighted by Gasteiger charge is -2.03. The highest BCUT2D eigenvalue weighted by molar-refractivity contribution is 5.39. The summed E-state index contributed by atoms with van der Waals surface area (Å²) in [5.74, 6) is 1.82. The van der Waals surface area contributed by atoms with E-state index < -0.39 is 0 Å². The number of rotatable bonds is 2. The van der Waals surface area contributed by atoms with Crippen LogP contribution in [0.2, 0.25) is 0 Å². The van der Waals surface area contributed by atoms with Crippen LogP contribution in [-0.2, 0) is 0 Å². The predicted molar refractivity (Wildman–Crippen MR) is 61.2 cm³/mol. The van der Waals surface area contributed by atoms with Crippen molar-refractivity contribution in [1.29, 1.82) is 0 Å². The van der Waals surface area contributed by atoms with Crippen LogP contribution >= 0.6 is 0 Å². The van der Waals surface area contributed by atoms with E-state index in [1.165, 1.54) is 5.56 Å². The summed E-state index contributed by atoms with van der Waals surface area (Å²) in [6.07, 6.45) is 2.07. The minimum atomic E-state index is 0.382. The molecular formula is C12H17N3. The van der Waals surface area contributed by atoms with Crippen LogP contribution in [0.1, 0.15) is 50.9 Å². The van der Waals surface area contributed by atoms with E-state index in [1.54, 1.807) is 0 Å². The highest BCUT2D eigenvalue weighted by Crippen LogP contribution is 2.16. The van der Waals surface area contributed by atoms with Gasteiger partial charge in [-0.25, -0.2) is 9.50 Å². The number of pyridine rings is 1. The molecule has 0 atom stereocenters. The third-order valence-electron chi connectivity index (χ3n) is 2.55. The van der Waals surface area contributed by atoms with Gasteiger partial charge in [0.2, 0.25) is 0 Å². The molecule has 0 aliphatic carbocycles. The Balaban J connectivity index is 2.52. The summed E-state index contributed by atoms with van der Waals surface area (Å²) in [5.41, 5.74) is 2.23. The maximum atomic E-state index is 4.46. The molecule has 0 aliphatic heterocycles. The molecule has 0 aromatic carbocycles. The first kappa shape index (κ1) is 10.1. The maximum Gasteiger partial charge on any atom is 0.155 e. The number of fused-ring (bicyclic) bond motifs is 1. The van der Waals surface area contributed by atoms with Crippen molar-refractivity contribution in [2.45, 2.75) is 39.5 Å². The maximum absolute atomic E-state index is 4.46. The van der Waals surface area contributed by atoms with Crippen molar-refractivity contribution in [1.82, 2.24) is 14.6 Å². The normalized spacial score (nSPS) is 11.9. The third-order valence-corrected chi connectivity index (χ3v) is 2.55. The van der Waals surface area contributed by atoms with Crippen molar-refractivity contribution >= 4 is 5.65 Å². The smallest absolute Gasteiger partial charge is 0.155 e. The molecule has 3 heteroatoms. The molecule has 0 saturated carbocycles. The van der Waals surface area contributed by atoms with Crippen LogP contribution in [0.25, 0.3) is 5.65 Å². The number of aromatic nitrogens is 3. The second kappa shape index (κ2) is 3.65. The fraction of sp³-hybridized carbons (Fsp3) is 0.500. The molecule has 2 aromatic heterocycles. The lowest BCUT2D eigenvalue weighted by molar-refractivity contribution is 0.759. The molecule has 0 saturated heterocycles. The highest BCUT2D eigenvalue weighted by atomic mass is 15.3. The largest absolute Gasteiger partial charge is 0.221 e. The lowest BCUT2D eigenvalue weighted by atomic mass is 10.1. The average molecular weight is 203 g/mol. The van der Waals surface area contributed by atoms with Gasteiger partial charge in [0.25, 0.3) is 0 Å². The van der Waals surface area contributed by atoms with Crippen LogP contribution in [0.4, 0.5) is 0 Å². The van der Waals surface area contributed by atoms with E-state index in [-0.39, 0.29) is 0 Å². The molecular weight excluding hydrogens is 186 g/mol. The second-order valence-electron chi connectivity index (χ2n) is 4.54. The Labute approximate surface area is 90.1 Å². The topological polar surface area (TPSA) is 30.2 Å². The van der Waals surface area contributed by atoms with E-state index in [2.05, 4.69) is 50.0 Å². The number of nitrogens with zero attached hydrogens (tertiary/aromatic N) is 3. The SMILES string of the molecule is CC(C)c1ccc2nc(C(C)C)nn2c1. The molecule has 0 radical (unpaired) electrons. The molecule has 3 nitrogen and oxygen atoms in total. The molecule has 0 unspecified atom stereocenters. The predicted octanol–water partition coefficient (Wildman–Crippen LogP) is 2.98. The van der Waals surface area contributed by atoms with Gasteiger partial charge in [0.15, 0.2) is 11.5 Å². The molecule has 80 valence electrons. The summed E-state index contributed by atoms with van der Waals surface area (Å²) in [5, 5.41) is 4.46. The summed E-state index contributed by atoms with van der Waals surface area (Å²) in [6.45, 7) is 8.58. The first-order chi connectivity index (χ1) is 7.08. The molecule has 15 heavy (non-hydrogen) atoms. The van der Waals surface area contributed by atoms with Crippen molar-refractivity contribution in [3.8, 4) is 0 Å². The van der Waals surface area contributed by atoms with Crippen LogP contribution in [0.15, 0.2) is 18.3 Å². The summed E-state index contributed by atoms with van der Waals surface area (Å²) >= 11 is 0. The first-order valence-electron chi connectivity index (χ1n) is 5.44. The molecule has 0 bridgehead atoms. The highest BCUT2D eigenvalue weighted by Gasteiger charge is 2.08. The Bertz CT molecular complexity index is 463. The van der Waals surface area contributed by atoms with E-state index >= 15 is 0 Å². The standard InChI is InChI=1S/C12H17N3/c1-8(2)10-5-6-11-13-12(9(3)4)14-15(11)7-10/h5-9H,1-4H3. The van der Waals surface area contributed by atoms with E-state index in [1.807, 2.05) is 10.6 Å². The monoisotopic (exact) mass is 203 g/mol. The second-order valence-corrected chi connectivity index (χ2v) is 4.54. The molecule has 2 rings (SSSR count). The van der Waals surface area contributed by atoms with E-state index in [0.29, 0.717) is 11.8 Å². The van der Waals surface area contributed by atoms with Gasteiger partial charge < -0.3 is 0 Å². The van der Waals surface area contributed by atoms with Gasteiger partial charge >= 0.3 is 0 Å². The van der Waals surface area contributed by atoms with Gasteiger partial charge in [-0.15, -0.1) is 0 Å². The van der Waals surface area contributed by atoms with Gasteiger partial charge in [0, 0.05) is 12.1 Å². The zero-order chi connectivity index (χ0) is 11.0. The van der Waals surface area contributed by atoms with E-state index in [0.717, 1.165) is 11.5 Å². The molecule has 2 aromatic rings.